The fraction of sp³-hybridized carbons (Fsp3) is 0.846. The van der Waals surface area contributed by atoms with E-state index >= 15 is 0 Å². The first-order chi connectivity index (χ1) is 8.22. The minimum absolute atomic E-state index is 0.0354. The number of aliphatic hydroxyl groups excluding tert-OH is 1. The van der Waals surface area contributed by atoms with Crippen molar-refractivity contribution in [1.29, 1.82) is 0 Å². The molecular formula is C13H23NO3. The number of rotatable bonds is 6. The normalized spacial score (nSPS) is 33.3. The second-order valence-electron chi connectivity index (χ2n) is 5.20. The van der Waals surface area contributed by atoms with Crippen LogP contribution in [0.15, 0.2) is 12.2 Å². The van der Waals surface area contributed by atoms with Crippen molar-refractivity contribution in [2.24, 2.45) is 0 Å². The van der Waals surface area contributed by atoms with E-state index in [1.54, 1.807) is 7.11 Å². The summed E-state index contributed by atoms with van der Waals surface area (Å²) in [5.41, 5.74) is 1.20. The summed E-state index contributed by atoms with van der Waals surface area (Å²) in [4.78, 5) is 2.39. The molecule has 0 radical (unpaired) electrons. The van der Waals surface area contributed by atoms with E-state index < -0.39 is 0 Å². The van der Waals surface area contributed by atoms with Crippen molar-refractivity contribution >= 4 is 0 Å². The van der Waals surface area contributed by atoms with Gasteiger partial charge in [0.2, 0.25) is 0 Å². The lowest BCUT2D eigenvalue weighted by Crippen LogP contribution is -2.46. The van der Waals surface area contributed by atoms with E-state index in [1.807, 2.05) is 0 Å². The lowest BCUT2D eigenvalue weighted by molar-refractivity contribution is 0.0168. The first kappa shape index (κ1) is 13.0. The van der Waals surface area contributed by atoms with E-state index in [0.29, 0.717) is 19.3 Å². The van der Waals surface area contributed by atoms with Crippen LogP contribution in [-0.2, 0) is 9.47 Å². The molecule has 0 saturated carbocycles. The van der Waals surface area contributed by atoms with Crippen molar-refractivity contribution in [3.8, 4) is 0 Å². The Morgan fingerprint density at radius 3 is 3.06 bits per heavy atom. The van der Waals surface area contributed by atoms with Gasteiger partial charge in [-0.1, -0.05) is 12.2 Å². The number of hydrogen-bond acceptors (Lipinski definition) is 4. The molecule has 0 aliphatic carbocycles. The summed E-state index contributed by atoms with van der Waals surface area (Å²) < 4.78 is 10.6. The number of ether oxygens (including phenoxy) is 2. The van der Waals surface area contributed by atoms with Crippen LogP contribution in [-0.4, -0.2) is 61.7 Å². The molecule has 2 fully saturated rings. The number of nitrogens with zero attached hydrogens (tertiary/aromatic N) is 1. The number of hydrogen-bond donors (Lipinski definition) is 1. The zero-order chi connectivity index (χ0) is 12.3. The standard InChI is InChI=1S/C13H23NO3/c1-11-7-13(10-15)4-3-12(14(13)8-11)9-17-6-5-16-2/h12,15H,1,3-10H2,2H3. The fourth-order valence-corrected chi connectivity index (χ4v) is 3.13. The highest BCUT2D eigenvalue weighted by molar-refractivity contribution is 5.19. The van der Waals surface area contributed by atoms with E-state index in [4.69, 9.17) is 9.47 Å². The topological polar surface area (TPSA) is 41.9 Å². The zero-order valence-electron chi connectivity index (χ0n) is 10.7. The van der Waals surface area contributed by atoms with Crippen LogP contribution in [0.5, 0.6) is 0 Å². The molecule has 4 heteroatoms. The molecule has 2 saturated heterocycles. The van der Waals surface area contributed by atoms with E-state index in [0.717, 1.165) is 32.4 Å². The Morgan fingerprint density at radius 2 is 2.35 bits per heavy atom. The van der Waals surface area contributed by atoms with Crippen LogP contribution in [0.2, 0.25) is 0 Å². The van der Waals surface area contributed by atoms with Gasteiger partial charge in [-0.15, -0.1) is 0 Å². The molecule has 2 rings (SSSR count). The van der Waals surface area contributed by atoms with Crippen molar-refractivity contribution in [2.45, 2.75) is 30.8 Å². The SMILES string of the molecule is C=C1CN2C(COCCOC)CCC2(CO)C1. The van der Waals surface area contributed by atoms with Gasteiger partial charge < -0.3 is 14.6 Å². The first-order valence-electron chi connectivity index (χ1n) is 6.33. The van der Waals surface area contributed by atoms with Gasteiger partial charge in [-0.3, -0.25) is 4.90 Å². The van der Waals surface area contributed by atoms with Gasteiger partial charge in [-0.05, 0) is 19.3 Å². The Bertz CT molecular complexity index is 282. The van der Waals surface area contributed by atoms with Gasteiger partial charge in [0.05, 0.1) is 26.4 Å². The van der Waals surface area contributed by atoms with Crippen LogP contribution in [0.3, 0.4) is 0 Å². The number of fused-ring (bicyclic) bond motifs is 1. The Kier molecular flexibility index (Phi) is 4.20. The molecule has 0 amide bonds. The van der Waals surface area contributed by atoms with E-state index in [2.05, 4.69) is 11.5 Å². The van der Waals surface area contributed by atoms with Crippen molar-refractivity contribution in [1.82, 2.24) is 4.90 Å². The zero-order valence-corrected chi connectivity index (χ0v) is 10.7. The monoisotopic (exact) mass is 241 g/mol. The van der Waals surface area contributed by atoms with Crippen LogP contribution in [0, 0.1) is 0 Å². The molecule has 98 valence electrons. The van der Waals surface area contributed by atoms with Gasteiger partial charge in [-0.25, -0.2) is 0 Å². The molecule has 2 unspecified atom stereocenters. The van der Waals surface area contributed by atoms with Crippen LogP contribution in [0.25, 0.3) is 0 Å². The summed E-state index contributed by atoms with van der Waals surface area (Å²) in [6, 6.07) is 0.429. The molecule has 0 aromatic carbocycles. The van der Waals surface area contributed by atoms with Gasteiger partial charge in [0, 0.05) is 25.2 Å². The largest absolute Gasteiger partial charge is 0.394 e. The molecular weight excluding hydrogens is 218 g/mol. The smallest absolute Gasteiger partial charge is 0.0701 e. The molecule has 2 heterocycles. The lowest BCUT2D eigenvalue weighted by Gasteiger charge is -2.32. The van der Waals surface area contributed by atoms with Crippen molar-refractivity contribution in [3.63, 3.8) is 0 Å². The maximum Gasteiger partial charge on any atom is 0.0701 e. The average molecular weight is 241 g/mol. The van der Waals surface area contributed by atoms with Crippen LogP contribution < -0.4 is 0 Å². The third-order valence-corrected chi connectivity index (χ3v) is 4.00. The van der Waals surface area contributed by atoms with Crippen LogP contribution >= 0.6 is 0 Å². The predicted octanol–water partition coefficient (Wildman–Crippen LogP) is 0.805. The Hall–Kier alpha value is -0.420. The Balaban J connectivity index is 1.87. The molecule has 2 aliphatic heterocycles. The molecule has 0 aromatic heterocycles. The van der Waals surface area contributed by atoms with Crippen molar-refractivity contribution < 1.29 is 14.6 Å². The summed E-state index contributed by atoms with van der Waals surface area (Å²) in [6.45, 7) is 7.24. The maximum atomic E-state index is 9.63. The molecule has 2 aliphatic rings. The summed E-state index contributed by atoms with van der Waals surface area (Å²) in [7, 11) is 1.68. The highest BCUT2D eigenvalue weighted by Crippen LogP contribution is 2.43. The molecule has 17 heavy (non-hydrogen) atoms. The second kappa shape index (κ2) is 5.48. The fourth-order valence-electron chi connectivity index (χ4n) is 3.13. The van der Waals surface area contributed by atoms with Gasteiger partial charge >= 0.3 is 0 Å². The highest BCUT2D eigenvalue weighted by Gasteiger charge is 2.49. The van der Waals surface area contributed by atoms with Gasteiger partial charge in [0.25, 0.3) is 0 Å². The number of methoxy groups -OCH3 is 1. The van der Waals surface area contributed by atoms with Gasteiger partial charge in [0.1, 0.15) is 0 Å². The molecule has 2 atom stereocenters. The molecule has 1 N–H and O–H groups in total. The minimum Gasteiger partial charge on any atom is -0.394 e. The summed E-state index contributed by atoms with van der Waals surface area (Å²) in [6.07, 6.45) is 3.11. The molecule has 0 aromatic rings. The average Bonchev–Trinajstić information content (AvgIpc) is 2.81. The maximum absolute atomic E-state index is 9.63. The minimum atomic E-state index is -0.0354. The predicted molar refractivity (Wildman–Crippen MR) is 66.0 cm³/mol. The molecule has 4 nitrogen and oxygen atoms in total. The van der Waals surface area contributed by atoms with Crippen molar-refractivity contribution in [2.75, 3.05) is 40.1 Å². The molecule has 0 bridgehead atoms. The van der Waals surface area contributed by atoms with E-state index in [1.165, 1.54) is 5.57 Å². The second-order valence-corrected chi connectivity index (χ2v) is 5.20. The molecule has 0 spiro atoms. The Labute approximate surface area is 103 Å². The first-order valence-corrected chi connectivity index (χ1v) is 6.33. The number of aliphatic hydroxyl groups is 1. The Morgan fingerprint density at radius 1 is 1.53 bits per heavy atom. The third kappa shape index (κ3) is 2.55. The van der Waals surface area contributed by atoms with Gasteiger partial charge in [-0.2, -0.15) is 0 Å². The van der Waals surface area contributed by atoms with Crippen LogP contribution in [0.1, 0.15) is 19.3 Å². The lowest BCUT2D eigenvalue weighted by atomic mass is 9.94. The van der Waals surface area contributed by atoms with E-state index in [9.17, 15) is 5.11 Å². The van der Waals surface area contributed by atoms with Gasteiger partial charge in [0.15, 0.2) is 0 Å². The van der Waals surface area contributed by atoms with Crippen LogP contribution in [0.4, 0.5) is 0 Å². The quantitative estimate of drug-likeness (QED) is 0.552. The van der Waals surface area contributed by atoms with E-state index in [-0.39, 0.29) is 12.1 Å². The summed E-state index contributed by atoms with van der Waals surface area (Å²) >= 11 is 0. The summed E-state index contributed by atoms with van der Waals surface area (Å²) in [5.74, 6) is 0. The summed E-state index contributed by atoms with van der Waals surface area (Å²) in [5, 5.41) is 9.63. The van der Waals surface area contributed by atoms with Crippen molar-refractivity contribution in [3.05, 3.63) is 12.2 Å². The third-order valence-electron chi connectivity index (χ3n) is 4.00. The highest BCUT2D eigenvalue weighted by atomic mass is 16.5.